The highest BCUT2D eigenvalue weighted by Crippen LogP contribution is 2.22. The summed E-state index contributed by atoms with van der Waals surface area (Å²) in [6, 6.07) is 10.8. The van der Waals surface area contributed by atoms with Crippen molar-refractivity contribution in [2.75, 3.05) is 13.1 Å². The third-order valence-corrected chi connectivity index (χ3v) is 5.29. The Labute approximate surface area is 153 Å². The number of nitrogens with zero attached hydrogens (tertiary/aromatic N) is 2. The minimum absolute atomic E-state index is 0.0928. The van der Waals surface area contributed by atoms with Crippen LogP contribution in [0.5, 0.6) is 0 Å². The standard InChI is InChI=1S/C21H35N3O/c1-16(2)20(22)21(25)24(17(3)4)15-19-12-8-9-13-23(19)14-18-10-6-5-7-11-18/h5-7,10-11,16-17,19-20H,8-9,12-15,22H2,1-4H3/t19-,20?/m0/s1. The first-order valence-corrected chi connectivity index (χ1v) is 9.74. The van der Waals surface area contributed by atoms with Gasteiger partial charge in [-0.3, -0.25) is 9.69 Å². The van der Waals surface area contributed by atoms with Crippen molar-refractivity contribution >= 4 is 5.91 Å². The minimum atomic E-state index is -0.409. The second-order valence-electron chi connectivity index (χ2n) is 7.96. The predicted octanol–water partition coefficient (Wildman–Crippen LogP) is 3.26. The Bertz CT molecular complexity index is 529. The van der Waals surface area contributed by atoms with Gasteiger partial charge in [-0.2, -0.15) is 0 Å². The summed E-state index contributed by atoms with van der Waals surface area (Å²) in [6.07, 6.45) is 3.64. The predicted molar refractivity (Wildman–Crippen MR) is 104 cm³/mol. The van der Waals surface area contributed by atoms with Gasteiger partial charge in [-0.1, -0.05) is 50.6 Å². The van der Waals surface area contributed by atoms with Crippen LogP contribution in [0.2, 0.25) is 0 Å². The molecule has 1 aliphatic heterocycles. The van der Waals surface area contributed by atoms with Crippen molar-refractivity contribution in [3.05, 3.63) is 35.9 Å². The van der Waals surface area contributed by atoms with Gasteiger partial charge in [0.15, 0.2) is 0 Å². The van der Waals surface area contributed by atoms with Crippen LogP contribution in [-0.2, 0) is 11.3 Å². The zero-order valence-electron chi connectivity index (χ0n) is 16.3. The highest BCUT2D eigenvalue weighted by atomic mass is 16.2. The molecule has 2 N–H and O–H groups in total. The molecular weight excluding hydrogens is 310 g/mol. The maximum atomic E-state index is 12.8. The van der Waals surface area contributed by atoms with Gasteiger partial charge in [-0.15, -0.1) is 0 Å². The molecule has 1 heterocycles. The third kappa shape index (κ3) is 5.55. The van der Waals surface area contributed by atoms with Gasteiger partial charge >= 0.3 is 0 Å². The number of amides is 1. The highest BCUT2D eigenvalue weighted by Gasteiger charge is 2.30. The van der Waals surface area contributed by atoms with Gasteiger partial charge in [-0.25, -0.2) is 0 Å². The first-order valence-electron chi connectivity index (χ1n) is 9.74. The second-order valence-corrected chi connectivity index (χ2v) is 7.96. The van der Waals surface area contributed by atoms with E-state index in [4.69, 9.17) is 5.73 Å². The van der Waals surface area contributed by atoms with E-state index in [1.54, 1.807) is 0 Å². The number of benzene rings is 1. The molecule has 1 saturated heterocycles. The number of nitrogens with two attached hydrogens (primary N) is 1. The maximum absolute atomic E-state index is 12.8. The van der Waals surface area contributed by atoms with E-state index in [0.717, 1.165) is 26.1 Å². The molecule has 1 fully saturated rings. The van der Waals surface area contributed by atoms with Crippen molar-refractivity contribution in [2.24, 2.45) is 11.7 Å². The Kier molecular flexibility index (Phi) is 7.45. The molecule has 1 amide bonds. The lowest BCUT2D eigenvalue weighted by Crippen LogP contribution is -2.54. The smallest absolute Gasteiger partial charge is 0.240 e. The number of hydrogen-bond donors (Lipinski definition) is 1. The minimum Gasteiger partial charge on any atom is -0.337 e. The Morgan fingerprint density at radius 1 is 1.20 bits per heavy atom. The third-order valence-electron chi connectivity index (χ3n) is 5.29. The molecule has 1 aliphatic rings. The van der Waals surface area contributed by atoms with Crippen LogP contribution in [0.15, 0.2) is 30.3 Å². The Balaban J connectivity index is 2.08. The van der Waals surface area contributed by atoms with Crippen LogP contribution < -0.4 is 5.73 Å². The van der Waals surface area contributed by atoms with Gasteiger partial charge in [0, 0.05) is 25.2 Å². The summed E-state index contributed by atoms with van der Waals surface area (Å²) in [4.78, 5) is 17.4. The van der Waals surface area contributed by atoms with E-state index in [2.05, 4.69) is 49.1 Å². The Morgan fingerprint density at radius 3 is 2.48 bits per heavy atom. The van der Waals surface area contributed by atoms with Crippen molar-refractivity contribution in [3.8, 4) is 0 Å². The average Bonchev–Trinajstić information content (AvgIpc) is 2.60. The summed E-state index contributed by atoms with van der Waals surface area (Å²) in [7, 11) is 0. The first-order chi connectivity index (χ1) is 11.9. The molecule has 0 bridgehead atoms. The summed E-state index contributed by atoms with van der Waals surface area (Å²) in [5, 5.41) is 0. The molecule has 0 radical (unpaired) electrons. The molecule has 4 heteroatoms. The SMILES string of the molecule is CC(C)C(N)C(=O)N(C[C@@H]1CCCCN1Cc1ccccc1)C(C)C. The average molecular weight is 346 g/mol. The topological polar surface area (TPSA) is 49.6 Å². The van der Waals surface area contributed by atoms with Crippen LogP contribution in [0, 0.1) is 5.92 Å². The molecule has 4 nitrogen and oxygen atoms in total. The van der Waals surface area contributed by atoms with E-state index in [0.29, 0.717) is 6.04 Å². The molecule has 140 valence electrons. The zero-order valence-corrected chi connectivity index (χ0v) is 16.3. The lowest BCUT2D eigenvalue weighted by atomic mass is 9.98. The molecule has 1 unspecified atom stereocenters. The number of piperidine rings is 1. The second kappa shape index (κ2) is 9.35. The van der Waals surface area contributed by atoms with Crippen LogP contribution in [0.25, 0.3) is 0 Å². The molecule has 0 saturated carbocycles. The number of rotatable bonds is 7. The van der Waals surface area contributed by atoms with Crippen LogP contribution in [0.1, 0.15) is 52.5 Å². The van der Waals surface area contributed by atoms with Gasteiger partial charge in [0.05, 0.1) is 6.04 Å². The van der Waals surface area contributed by atoms with Crippen molar-refractivity contribution < 1.29 is 4.79 Å². The van der Waals surface area contributed by atoms with Gasteiger partial charge in [0.25, 0.3) is 0 Å². The van der Waals surface area contributed by atoms with Crippen molar-refractivity contribution in [1.29, 1.82) is 0 Å². The van der Waals surface area contributed by atoms with Gasteiger partial charge in [0.2, 0.25) is 5.91 Å². The van der Waals surface area contributed by atoms with E-state index in [-0.39, 0.29) is 17.9 Å². The number of hydrogen-bond acceptors (Lipinski definition) is 3. The van der Waals surface area contributed by atoms with Crippen LogP contribution >= 0.6 is 0 Å². The van der Waals surface area contributed by atoms with E-state index >= 15 is 0 Å². The normalized spacial score (nSPS) is 20.0. The fourth-order valence-electron chi connectivity index (χ4n) is 3.55. The van der Waals surface area contributed by atoms with E-state index in [1.807, 2.05) is 18.7 Å². The number of likely N-dealkylation sites (tertiary alicyclic amines) is 1. The molecule has 0 spiro atoms. The van der Waals surface area contributed by atoms with Gasteiger partial charge in [0.1, 0.15) is 0 Å². The first kappa shape index (κ1) is 19.9. The molecular formula is C21H35N3O. The Hall–Kier alpha value is -1.39. The summed E-state index contributed by atoms with van der Waals surface area (Å²) in [5.41, 5.74) is 7.50. The van der Waals surface area contributed by atoms with E-state index < -0.39 is 6.04 Å². The van der Waals surface area contributed by atoms with E-state index in [1.165, 1.54) is 18.4 Å². The summed E-state index contributed by atoms with van der Waals surface area (Å²) < 4.78 is 0. The highest BCUT2D eigenvalue weighted by molar-refractivity contribution is 5.82. The molecule has 0 aliphatic carbocycles. The molecule has 2 atom stereocenters. The maximum Gasteiger partial charge on any atom is 0.240 e. The molecule has 2 rings (SSSR count). The number of carbonyl (C=O) groups is 1. The lowest BCUT2D eigenvalue weighted by Gasteiger charge is -2.41. The lowest BCUT2D eigenvalue weighted by molar-refractivity contribution is -0.136. The van der Waals surface area contributed by atoms with Crippen molar-refractivity contribution in [2.45, 2.75) is 71.6 Å². The molecule has 1 aromatic carbocycles. The van der Waals surface area contributed by atoms with Crippen LogP contribution in [0.3, 0.4) is 0 Å². The zero-order chi connectivity index (χ0) is 18.4. The quantitative estimate of drug-likeness (QED) is 0.825. The molecule has 1 aromatic rings. The Morgan fingerprint density at radius 2 is 1.88 bits per heavy atom. The fraction of sp³-hybridized carbons (Fsp3) is 0.667. The fourth-order valence-corrected chi connectivity index (χ4v) is 3.55. The largest absolute Gasteiger partial charge is 0.337 e. The van der Waals surface area contributed by atoms with Crippen molar-refractivity contribution in [3.63, 3.8) is 0 Å². The monoisotopic (exact) mass is 345 g/mol. The number of carbonyl (C=O) groups excluding carboxylic acids is 1. The van der Waals surface area contributed by atoms with Crippen LogP contribution in [0.4, 0.5) is 0 Å². The molecule has 0 aromatic heterocycles. The van der Waals surface area contributed by atoms with Gasteiger partial charge in [-0.05, 0) is 44.7 Å². The van der Waals surface area contributed by atoms with Crippen molar-refractivity contribution in [1.82, 2.24) is 9.80 Å². The summed E-state index contributed by atoms with van der Waals surface area (Å²) in [5.74, 6) is 0.260. The van der Waals surface area contributed by atoms with Gasteiger partial charge < -0.3 is 10.6 Å². The molecule has 25 heavy (non-hydrogen) atoms. The summed E-state index contributed by atoms with van der Waals surface area (Å²) in [6.45, 7) is 11.1. The van der Waals surface area contributed by atoms with E-state index in [9.17, 15) is 4.79 Å². The van der Waals surface area contributed by atoms with Crippen LogP contribution in [-0.4, -0.2) is 46.9 Å². The summed E-state index contributed by atoms with van der Waals surface area (Å²) >= 11 is 0.